The Bertz CT molecular complexity index is 1160. The molecule has 0 saturated carbocycles. The van der Waals surface area contributed by atoms with Crippen molar-refractivity contribution in [2.75, 3.05) is 23.3 Å². The Morgan fingerprint density at radius 2 is 1.87 bits per heavy atom. The first-order chi connectivity index (χ1) is 14.4. The van der Waals surface area contributed by atoms with Crippen LogP contribution in [-0.4, -0.2) is 34.7 Å². The number of carbonyl (C=O) groups is 1. The smallest absolute Gasteiger partial charge is 0.319 e. The minimum atomic E-state index is -0.835. The quantitative estimate of drug-likeness (QED) is 0.692. The van der Waals surface area contributed by atoms with Gasteiger partial charge in [0.25, 0.3) is 5.56 Å². The third-order valence-corrected chi connectivity index (χ3v) is 5.27. The van der Waals surface area contributed by atoms with Crippen LogP contribution in [0.3, 0.4) is 0 Å². The first-order valence-corrected chi connectivity index (χ1v) is 9.65. The van der Waals surface area contributed by atoms with Crippen LogP contribution in [0, 0.1) is 11.6 Å². The van der Waals surface area contributed by atoms with Crippen LogP contribution >= 0.6 is 0 Å². The van der Waals surface area contributed by atoms with Crippen LogP contribution in [0.5, 0.6) is 0 Å². The molecule has 2 aromatic carbocycles. The molecular formula is C21H21F2N5O2. The Balaban J connectivity index is 1.39. The summed E-state index contributed by atoms with van der Waals surface area (Å²) in [6, 6.07) is 9.74. The van der Waals surface area contributed by atoms with E-state index < -0.39 is 17.7 Å². The zero-order valence-electron chi connectivity index (χ0n) is 16.4. The second-order valence-electron chi connectivity index (χ2n) is 7.27. The molecule has 0 aliphatic carbocycles. The van der Waals surface area contributed by atoms with Crippen molar-refractivity contribution in [3.8, 4) is 0 Å². The number of para-hydroxylation sites is 2. The molecule has 0 bridgehead atoms. The Morgan fingerprint density at radius 1 is 1.13 bits per heavy atom. The number of benzene rings is 2. The molecular weight excluding hydrogens is 392 g/mol. The maximum Gasteiger partial charge on any atom is 0.319 e. The monoisotopic (exact) mass is 413 g/mol. The predicted molar refractivity (Wildman–Crippen MR) is 111 cm³/mol. The lowest BCUT2D eigenvalue weighted by molar-refractivity contribution is 0.246. The highest BCUT2D eigenvalue weighted by Crippen LogP contribution is 2.19. The molecule has 3 aromatic rings. The highest BCUT2D eigenvalue weighted by molar-refractivity contribution is 5.89. The lowest BCUT2D eigenvalue weighted by Gasteiger charge is -2.33. The molecule has 4 rings (SSSR count). The van der Waals surface area contributed by atoms with Crippen molar-refractivity contribution in [2.24, 2.45) is 7.05 Å². The summed E-state index contributed by atoms with van der Waals surface area (Å²) in [6.07, 6.45) is 1.22. The van der Waals surface area contributed by atoms with Crippen LogP contribution in [0.15, 0.2) is 47.3 Å². The zero-order chi connectivity index (χ0) is 21.3. The largest absolute Gasteiger partial charge is 0.352 e. The maximum atomic E-state index is 13.7. The molecule has 0 radical (unpaired) electrons. The van der Waals surface area contributed by atoms with Gasteiger partial charge < -0.3 is 20.1 Å². The number of nitrogens with one attached hydrogen (secondary N) is 2. The maximum absolute atomic E-state index is 13.7. The van der Waals surface area contributed by atoms with Gasteiger partial charge in [-0.3, -0.25) is 4.79 Å². The highest BCUT2D eigenvalue weighted by atomic mass is 19.1. The number of carbonyl (C=O) groups excluding carboxylic acids is 1. The second-order valence-corrected chi connectivity index (χ2v) is 7.27. The van der Waals surface area contributed by atoms with Crippen molar-refractivity contribution in [3.05, 3.63) is 64.5 Å². The topological polar surface area (TPSA) is 79.3 Å². The second kappa shape index (κ2) is 8.10. The fraction of sp³-hybridized carbons (Fsp3) is 0.286. The number of fused-ring (bicyclic) bond motifs is 1. The standard InChI is InChI=1S/C21H21F2N5O2/c1-27-18-5-3-2-4-17(18)25-19(20(27)29)28-10-8-14(9-11-28)24-21(30)26-16-7-6-13(22)12-15(16)23/h2-7,12,14H,8-11H2,1H3,(H2,24,26,30). The van der Waals surface area contributed by atoms with Gasteiger partial charge in [0.2, 0.25) is 0 Å². The fourth-order valence-corrected chi connectivity index (χ4v) is 3.64. The summed E-state index contributed by atoms with van der Waals surface area (Å²) in [5, 5.41) is 5.19. The summed E-state index contributed by atoms with van der Waals surface area (Å²) in [7, 11) is 1.73. The van der Waals surface area contributed by atoms with E-state index in [2.05, 4.69) is 15.6 Å². The zero-order valence-corrected chi connectivity index (χ0v) is 16.4. The van der Waals surface area contributed by atoms with Gasteiger partial charge in [0.1, 0.15) is 11.6 Å². The average Bonchev–Trinajstić information content (AvgIpc) is 2.73. The first-order valence-electron chi connectivity index (χ1n) is 9.65. The number of piperidine rings is 1. The normalized spacial score (nSPS) is 14.7. The number of aromatic nitrogens is 2. The Morgan fingerprint density at radius 3 is 2.60 bits per heavy atom. The summed E-state index contributed by atoms with van der Waals surface area (Å²) in [5.41, 5.74) is 1.27. The number of nitrogens with zero attached hydrogens (tertiary/aromatic N) is 3. The Hall–Kier alpha value is -3.49. The average molecular weight is 413 g/mol. The van der Waals surface area contributed by atoms with Crippen molar-refractivity contribution in [1.82, 2.24) is 14.9 Å². The number of amides is 2. The van der Waals surface area contributed by atoms with E-state index in [0.717, 1.165) is 17.1 Å². The van der Waals surface area contributed by atoms with Gasteiger partial charge in [-0.15, -0.1) is 0 Å². The Labute approximate surface area is 171 Å². The molecule has 156 valence electrons. The summed E-state index contributed by atoms with van der Waals surface area (Å²) >= 11 is 0. The molecule has 1 aliphatic rings. The van der Waals surface area contributed by atoms with Crippen LogP contribution in [-0.2, 0) is 7.05 Å². The van der Waals surface area contributed by atoms with E-state index in [4.69, 9.17) is 0 Å². The number of hydrogen-bond acceptors (Lipinski definition) is 4. The van der Waals surface area contributed by atoms with Gasteiger partial charge in [-0.05, 0) is 37.1 Å². The number of anilines is 2. The minimum Gasteiger partial charge on any atom is -0.352 e. The molecule has 2 amide bonds. The van der Waals surface area contributed by atoms with Crippen molar-refractivity contribution in [2.45, 2.75) is 18.9 Å². The summed E-state index contributed by atoms with van der Waals surface area (Å²) in [4.78, 5) is 31.3. The predicted octanol–water partition coefficient (Wildman–Crippen LogP) is 3.00. The van der Waals surface area contributed by atoms with E-state index in [-0.39, 0.29) is 17.3 Å². The number of urea groups is 1. The van der Waals surface area contributed by atoms with Crippen molar-refractivity contribution >= 4 is 28.6 Å². The van der Waals surface area contributed by atoms with Gasteiger partial charge in [-0.1, -0.05) is 12.1 Å². The van der Waals surface area contributed by atoms with Crippen LogP contribution in [0.1, 0.15) is 12.8 Å². The summed E-state index contributed by atoms with van der Waals surface area (Å²) in [5.74, 6) is -1.15. The molecule has 2 N–H and O–H groups in total. The lowest BCUT2D eigenvalue weighted by Crippen LogP contribution is -2.47. The van der Waals surface area contributed by atoms with Gasteiger partial charge in [-0.2, -0.15) is 0 Å². The molecule has 9 heteroatoms. The first kappa shape index (κ1) is 19.8. The minimum absolute atomic E-state index is 0.0878. The number of hydrogen-bond donors (Lipinski definition) is 2. The molecule has 30 heavy (non-hydrogen) atoms. The van der Waals surface area contributed by atoms with E-state index in [1.54, 1.807) is 11.6 Å². The van der Waals surface area contributed by atoms with Gasteiger partial charge >= 0.3 is 6.03 Å². The fourth-order valence-electron chi connectivity index (χ4n) is 3.64. The van der Waals surface area contributed by atoms with E-state index in [0.29, 0.717) is 37.8 Å². The van der Waals surface area contributed by atoms with Crippen molar-refractivity contribution < 1.29 is 13.6 Å². The molecule has 2 heterocycles. The number of aryl methyl sites for hydroxylation is 1. The van der Waals surface area contributed by atoms with Crippen LogP contribution < -0.4 is 21.1 Å². The van der Waals surface area contributed by atoms with Crippen LogP contribution in [0.25, 0.3) is 11.0 Å². The van der Waals surface area contributed by atoms with E-state index in [1.807, 2.05) is 29.2 Å². The van der Waals surface area contributed by atoms with Crippen molar-refractivity contribution in [1.29, 1.82) is 0 Å². The summed E-state index contributed by atoms with van der Waals surface area (Å²) < 4.78 is 28.2. The Kier molecular flexibility index (Phi) is 5.35. The van der Waals surface area contributed by atoms with Gasteiger partial charge in [-0.25, -0.2) is 18.6 Å². The SMILES string of the molecule is Cn1c(=O)c(N2CCC(NC(=O)Nc3ccc(F)cc3F)CC2)nc2ccccc21. The van der Waals surface area contributed by atoms with Crippen LogP contribution in [0.4, 0.5) is 25.1 Å². The molecule has 1 aromatic heterocycles. The third kappa shape index (κ3) is 3.96. The third-order valence-electron chi connectivity index (χ3n) is 5.27. The summed E-state index contributed by atoms with van der Waals surface area (Å²) in [6.45, 7) is 1.10. The number of rotatable bonds is 3. The van der Waals surface area contributed by atoms with Gasteiger partial charge in [0, 0.05) is 32.2 Å². The molecule has 7 nitrogen and oxygen atoms in total. The molecule has 0 spiro atoms. The van der Waals surface area contributed by atoms with E-state index in [1.165, 1.54) is 6.07 Å². The number of halogens is 2. The van der Waals surface area contributed by atoms with Gasteiger partial charge in [0.05, 0.1) is 16.7 Å². The van der Waals surface area contributed by atoms with Crippen molar-refractivity contribution in [3.63, 3.8) is 0 Å². The molecule has 1 saturated heterocycles. The van der Waals surface area contributed by atoms with Crippen LogP contribution in [0.2, 0.25) is 0 Å². The molecule has 0 atom stereocenters. The molecule has 0 unspecified atom stereocenters. The highest BCUT2D eigenvalue weighted by Gasteiger charge is 2.24. The van der Waals surface area contributed by atoms with Gasteiger partial charge in [0.15, 0.2) is 5.82 Å². The van der Waals surface area contributed by atoms with E-state index >= 15 is 0 Å². The lowest BCUT2D eigenvalue weighted by atomic mass is 10.1. The molecule has 1 fully saturated rings. The van der Waals surface area contributed by atoms with E-state index in [9.17, 15) is 18.4 Å². The molecule has 1 aliphatic heterocycles.